The zero-order chi connectivity index (χ0) is 23.8. The van der Waals surface area contributed by atoms with Crippen LogP contribution in [0.25, 0.3) is 5.57 Å². The number of nitriles is 1. The van der Waals surface area contributed by atoms with Gasteiger partial charge in [0.25, 0.3) is 5.91 Å². The Kier molecular flexibility index (Phi) is 5.94. The molecule has 2 unspecified atom stereocenters. The van der Waals surface area contributed by atoms with Gasteiger partial charge in [0, 0.05) is 37.3 Å². The molecule has 2 atom stereocenters. The largest absolute Gasteiger partial charge is 0.379 e. The normalized spacial score (nSPS) is 25.8. The van der Waals surface area contributed by atoms with Gasteiger partial charge in [-0.25, -0.2) is 4.98 Å². The Balaban J connectivity index is 1.51. The van der Waals surface area contributed by atoms with E-state index in [2.05, 4.69) is 32.3 Å². The van der Waals surface area contributed by atoms with Crippen molar-refractivity contribution >= 4 is 29.3 Å². The number of dihydropyridines is 1. The van der Waals surface area contributed by atoms with E-state index in [1.54, 1.807) is 30.6 Å². The Morgan fingerprint density at radius 2 is 2.06 bits per heavy atom. The van der Waals surface area contributed by atoms with Crippen molar-refractivity contribution < 1.29 is 9.53 Å². The molecule has 2 aromatic rings. The number of carbonyl (C=O) groups excluding carboxylic acids is 1. The van der Waals surface area contributed by atoms with Gasteiger partial charge in [0.15, 0.2) is 0 Å². The SMILES string of the molecule is CC1N=CC(NC(=O)c2ccnc(C3(C#N)CC3)c2)(N2CCOCC2)C=C1c1ccc(Cl)nc1. The Morgan fingerprint density at radius 1 is 1.26 bits per heavy atom. The number of amides is 1. The molecule has 1 saturated carbocycles. The number of pyridine rings is 2. The van der Waals surface area contributed by atoms with E-state index in [1.165, 1.54) is 0 Å². The number of ether oxygens (including phenoxy) is 1. The molecule has 2 aliphatic heterocycles. The summed E-state index contributed by atoms with van der Waals surface area (Å²) in [5, 5.41) is 13.2. The molecule has 1 saturated heterocycles. The van der Waals surface area contributed by atoms with Crippen LogP contribution in [0.1, 0.15) is 41.4 Å². The van der Waals surface area contributed by atoms with Gasteiger partial charge in [-0.1, -0.05) is 17.7 Å². The number of rotatable bonds is 5. The standard InChI is InChI=1S/C25H25ClN6O2/c1-17-20(19-2-3-22(26)29-14-19)13-25(16-30-17,32-8-10-34-11-9-32)31-23(33)18-4-7-28-21(12-18)24(15-27)5-6-24/h2-4,7,12-14,16-17H,5-6,8-11H2,1H3,(H,31,33). The minimum atomic E-state index is -0.932. The lowest BCUT2D eigenvalue weighted by Gasteiger charge is -2.44. The van der Waals surface area contributed by atoms with Gasteiger partial charge in [0.1, 0.15) is 10.8 Å². The van der Waals surface area contributed by atoms with Crippen LogP contribution in [0.15, 0.2) is 47.7 Å². The van der Waals surface area contributed by atoms with Crippen LogP contribution in [0.5, 0.6) is 0 Å². The van der Waals surface area contributed by atoms with Crippen LogP contribution in [-0.4, -0.2) is 65.0 Å². The monoisotopic (exact) mass is 476 g/mol. The maximum absolute atomic E-state index is 13.5. The maximum atomic E-state index is 13.5. The molecule has 2 aromatic heterocycles. The van der Waals surface area contributed by atoms with Crippen molar-refractivity contribution in [3.8, 4) is 6.07 Å². The highest BCUT2D eigenvalue weighted by molar-refractivity contribution is 6.29. The van der Waals surface area contributed by atoms with E-state index in [1.807, 2.05) is 19.2 Å². The van der Waals surface area contributed by atoms with Gasteiger partial charge in [-0.05, 0) is 55.2 Å². The average Bonchev–Trinajstić information content (AvgIpc) is 3.68. The predicted molar refractivity (Wildman–Crippen MR) is 129 cm³/mol. The predicted octanol–water partition coefficient (Wildman–Crippen LogP) is 3.00. The molecule has 3 aliphatic rings. The van der Waals surface area contributed by atoms with E-state index in [0.717, 1.165) is 24.0 Å². The van der Waals surface area contributed by atoms with Crippen LogP contribution in [0.3, 0.4) is 0 Å². The van der Waals surface area contributed by atoms with E-state index in [4.69, 9.17) is 21.3 Å². The molecule has 9 heteroatoms. The first-order valence-electron chi connectivity index (χ1n) is 11.4. The number of hydrogen-bond acceptors (Lipinski definition) is 7. The lowest BCUT2D eigenvalue weighted by molar-refractivity contribution is 0.00580. The Morgan fingerprint density at radius 3 is 2.74 bits per heavy atom. The highest BCUT2D eigenvalue weighted by Gasteiger charge is 2.47. The lowest BCUT2D eigenvalue weighted by Crippen LogP contribution is -2.64. The first kappa shape index (κ1) is 22.7. The fourth-order valence-electron chi connectivity index (χ4n) is 4.46. The third-order valence-corrected chi connectivity index (χ3v) is 6.93. The summed E-state index contributed by atoms with van der Waals surface area (Å²) in [5.74, 6) is -0.255. The fourth-order valence-corrected chi connectivity index (χ4v) is 4.58. The smallest absolute Gasteiger partial charge is 0.253 e. The third kappa shape index (κ3) is 4.23. The molecule has 8 nitrogen and oxygen atoms in total. The number of nitrogens with zero attached hydrogens (tertiary/aromatic N) is 5. The lowest BCUT2D eigenvalue weighted by atomic mass is 9.92. The van der Waals surface area contributed by atoms with Gasteiger partial charge in [0.05, 0.1) is 36.4 Å². The average molecular weight is 477 g/mol. The van der Waals surface area contributed by atoms with Crippen molar-refractivity contribution in [1.82, 2.24) is 20.2 Å². The molecular weight excluding hydrogens is 452 g/mol. The molecule has 0 spiro atoms. The number of hydrogen-bond donors (Lipinski definition) is 1. The van der Waals surface area contributed by atoms with Crippen molar-refractivity contribution in [2.45, 2.75) is 36.9 Å². The van der Waals surface area contributed by atoms with Crippen molar-refractivity contribution in [3.05, 3.63) is 64.7 Å². The van der Waals surface area contributed by atoms with Crippen LogP contribution in [0.4, 0.5) is 0 Å². The molecule has 34 heavy (non-hydrogen) atoms. The second-order valence-electron chi connectivity index (χ2n) is 8.93. The number of aliphatic imine (C=N–C) groups is 1. The third-order valence-electron chi connectivity index (χ3n) is 6.71. The number of carbonyl (C=O) groups is 1. The van der Waals surface area contributed by atoms with Gasteiger partial charge >= 0.3 is 0 Å². The summed E-state index contributed by atoms with van der Waals surface area (Å²) in [4.78, 5) is 29.0. The molecule has 4 heterocycles. The molecule has 174 valence electrons. The molecule has 2 fully saturated rings. The maximum Gasteiger partial charge on any atom is 0.253 e. The molecule has 1 aliphatic carbocycles. The van der Waals surface area contributed by atoms with E-state index >= 15 is 0 Å². The quantitative estimate of drug-likeness (QED) is 0.665. The number of nitrogens with one attached hydrogen (secondary N) is 1. The van der Waals surface area contributed by atoms with Gasteiger partial charge in [-0.15, -0.1) is 0 Å². The summed E-state index contributed by atoms with van der Waals surface area (Å²) < 4.78 is 5.56. The summed E-state index contributed by atoms with van der Waals surface area (Å²) in [6, 6.07) is 9.31. The molecule has 1 N–H and O–H groups in total. The van der Waals surface area contributed by atoms with E-state index in [-0.39, 0.29) is 11.9 Å². The van der Waals surface area contributed by atoms with Crippen molar-refractivity contribution in [3.63, 3.8) is 0 Å². The molecule has 0 aromatic carbocycles. The van der Waals surface area contributed by atoms with Gasteiger partial charge in [-0.2, -0.15) is 5.26 Å². The number of morpholine rings is 1. The van der Waals surface area contributed by atoms with Crippen LogP contribution in [-0.2, 0) is 10.2 Å². The zero-order valence-corrected chi connectivity index (χ0v) is 19.6. The topological polar surface area (TPSA) is 104 Å². The summed E-state index contributed by atoms with van der Waals surface area (Å²) in [7, 11) is 0. The second kappa shape index (κ2) is 8.91. The number of halogens is 1. The summed E-state index contributed by atoms with van der Waals surface area (Å²) >= 11 is 6.00. The van der Waals surface area contributed by atoms with E-state index < -0.39 is 11.1 Å². The first-order valence-corrected chi connectivity index (χ1v) is 11.7. The fraction of sp³-hybridized carbons (Fsp3) is 0.400. The van der Waals surface area contributed by atoms with Crippen LogP contribution in [0.2, 0.25) is 5.15 Å². The molecule has 0 radical (unpaired) electrons. The summed E-state index contributed by atoms with van der Waals surface area (Å²) in [6.07, 6.45) is 8.73. The van der Waals surface area contributed by atoms with E-state index in [9.17, 15) is 10.1 Å². The van der Waals surface area contributed by atoms with Gasteiger partial charge in [-0.3, -0.25) is 19.7 Å². The van der Waals surface area contributed by atoms with Crippen molar-refractivity contribution in [2.24, 2.45) is 4.99 Å². The van der Waals surface area contributed by atoms with Crippen LogP contribution in [0, 0.1) is 11.3 Å². The van der Waals surface area contributed by atoms with Crippen LogP contribution < -0.4 is 5.32 Å². The van der Waals surface area contributed by atoms with Gasteiger partial charge < -0.3 is 10.1 Å². The Bertz CT molecular complexity index is 1190. The van der Waals surface area contributed by atoms with Crippen LogP contribution >= 0.6 is 11.6 Å². The molecular formula is C25H25ClN6O2. The van der Waals surface area contributed by atoms with Gasteiger partial charge in [0.2, 0.25) is 0 Å². The van der Waals surface area contributed by atoms with Crippen molar-refractivity contribution in [1.29, 1.82) is 5.26 Å². The summed E-state index contributed by atoms with van der Waals surface area (Å²) in [5.41, 5.74) is 1.48. The minimum absolute atomic E-state index is 0.105. The molecule has 0 bridgehead atoms. The Hall–Kier alpha value is -3.12. The Labute approximate surface area is 203 Å². The minimum Gasteiger partial charge on any atom is -0.379 e. The molecule has 5 rings (SSSR count). The van der Waals surface area contributed by atoms with Crippen molar-refractivity contribution in [2.75, 3.05) is 26.3 Å². The second-order valence-corrected chi connectivity index (χ2v) is 9.31. The highest BCUT2D eigenvalue weighted by Crippen LogP contribution is 2.46. The summed E-state index contributed by atoms with van der Waals surface area (Å²) in [6.45, 7) is 4.42. The van der Waals surface area contributed by atoms with E-state index in [0.29, 0.717) is 42.7 Å². The first-order chi connectivity index (χ1) is 16.4. The molecule has 1 amide bonds. The number of aromatic nitrogens is 2. The zero-order valence-electron chi connectivity index (χ0n) is 18.9. The highest BCUT2D eigenvalue weighted by atomic mass is 35.5.